The van der Waals surface area contributed by atoms with Crippen LogP contribution in [0, 0.1) is 5.41 Å². The fraction of sp³-hybridized carbons (Fsp3) is 0.548. The average molecular weight is 655 g/mol. The van der Waals surface area contributed by atoms with Gasteiger partial charge in [-0.25, -0.2) is 12.7 Å². The maximum absolute atomic E-state index is 14.7. The number of likely N-dealkylation sites (tertiary alicyclic amines) is 1. The van der Waals surface area contributed by atoms with Crippen molar-refractivity contribution in [2.24, 2.45) is 5.41 Å². The molecule has 0 aromatic heterocycles. The number of likely N-dealkylation sites (N-methyl/N-ethyl adjacent to an activating group) is 1. The van der Waals surface area contributed by atoms with E-state index in [1.54, 1.807) is 37.1 Å². The quantitative estimate of drug-likeness (QED) is 0.299. The molecule has 1 saturated heterocycles. The lowest BCUT2D eigenvalue weighted by Crippen LogP contribution is -2.58. The standard InChI is InChI=1S/C31H41Cl2N3O6S/c1-4-24(18-35(3)43(41,42)26-12-13-26)36-29(20-8-10-22(32)11-9-20)27(21-6-5-7-23(33)14-21)15-31(2,30(36)40)16-28(39)34-17-25(38)19-37/h5-11,14,24-27,29,37-38H,4,12-13,15-19H2,1-3H3,(H,34,39)/t24?,25?,27-,29-,31-/m1/s1. The first-order valence-electron chi connectivity index (χ1n) is 14.6. The lowest BCUT2D eigenvalue weighted by molar-refractivity contribution is -0.157. The van der Waals surface area contributed by atoms with Crippen molar-refractivity contribution in [3.8, 4) is 0 Å². The van der Waals surface area contributed by atoms with E-state index in [2.05, 4.69) is 5.32 Å². The maximum atomic E-state index is 14.7. The van der Waals surface area contributed by atoms with Crippen molar-refractivity contribution < 1.29 is 28.2 Å². The van der Waals surface area contributed by atoms with E-state index in [1.165, 1.54) is 4.31 Å². The van der Waals surface area contributed by atoms with Gasteiger partial charge in [-0.05, 0) is 61.1 Å². The van der Waals surface area contributed by atoms with Crippen molar-refractivity contribution in [2.45, 2.75) is 75.3 Å². The van der Waals surface area contributed by atoms with Crippen molar-refractivity contribution in [3.63, 3.8) is 0 Å². The number of amides is 2. The van der Waals surface area contributed by atoms with Crippen LogP contribution in [0.2, 0.25) is 10.0 Å². The summed E-state index contributed by atoms with van der Waals surface area (Å²) < 4.78 is 27.7. The lowest BCUT2D eigenvalue weighted by atomic mass is 9.67. The molecule has 1 aliphatic carbocycles. The molecule has 43 heavy (non-hydrogen) atoms. The van der Waals surface area contributed by atoms with Crippen molar-refractivity contribution in [2.75, 3.05) is 26.7 Å². The van der Waals surface area contributed by atoms with Gasteiger partial charge in [0.05, 0.1) is 29.4 Å². The van der Waals surface area contributed by atoms with E-state index in [0.29, 0.717) is 35.7 Å². The highest BCUT2D eigenvalue weighted by molar-refractivity contribution is 7.90. The summed E-state index contributed by atoms with van der Waals surface area (Å²) in [6.45, 7) is 3.16. The summed E-state index contributed by atoms with van der Waals surface area (Å²) in [4.78, 5) is 29.6. The number of benzene rings is 2. The molecule has 0 radical (unpaired) electrons. The van der Waals surface area contributed by atoms with E-state index in [-0.39, 0.29) is 36.6 Å². The van der Waals surface area contributed by atoms with Crippen molar-refractivity contribution >= 4 is 45.0 Å². The number of nitrogens with one attached hydrogen (secondary N) is 1. The topological polar surface area (TPSA) is 127 Å². The second-order valence-corrected chi connectivity index (χ2v) is 15.2. The molecule has 2 aromatic carbocycles. The molecule has 4 rings (SSSR count). The van der Waals surface area contributed by atoms with Crippen molar-refractivity contribution in [1.29, 1.82) is 0 Å². The summed E-state index contributed by atoms with van der Waals surface area (Å²) in [6, 6.07) is 13.8. The molecule has 0 bridgehead atoms. The Morgan fingerprint density at radius 3 is 2.40 bits per heavy atom. The van der Waals surface area contributed by atoms with Crippen LogP contribution in [0.15, 0.2) is 48.5 Å². The fourth-order valence-corrected chi connectivity index (χ4v) is 8.04. The molecule has 5 atom stereocenters. The van der Waals surface area contributed by atoms with Crippen LogP contribution in [0.5, 0.6) is 0 Å². The molecule has 2 aliphatic rings. The van der Waals surface area contributed by atoms with Gasteiger partial charge in [-0.3, -0.25) is 9.59 Å². The molecule has 12 heteroatoms. The predicted molar refractivity (Wildman–Crippen MR) is 167 cm³/mol. The van der Waals surface area contributed by atoms with Gasteiger partial charge in [-0.2, -0.15) is 0 Å². The number of carbonyl (C=O) groups is 2. The van der Waals surface area contributed by atoms with Crippen LogP contribution in [0.1, 0.15) is 69.0 Å². The first-order chi connectivity index (χ1) is 20.3. The zero-order valence-electron chi connectivity index (χ0n) is 24.7. The van der Waals surface area contributed by atoms with Crippen LogP contribution in [-0.4, -0.2) is 83.8 Å². The number of carbonyl (C=O) groups excluding carboxylic acids is 2. The highest BCUT2D eigenvalue weighted by Gasteiger charge is 2.52. The van der Waals surface area contributed by atoms with E-state index in [4.69, 9.17) is 28.3 Å². The number of sulfonamides is 1. The van der Waals surface area contributed by atoms with Gasteiger partial charge < -0.3 is 20.4 Å². The Hall–Kier alpha value is -2.21. The van der Waals surface area contributed by atoms with Crippen LogP contribution in [-0.2, 0) is 19.6 Å². The van der Waals surface area contributed by atoms with E-state index >= 15 is 0 Å². The van der Waals surface area contributed by atoms with Gasteiger partial charge in [-0.15, -0.1) is 0 Å². The first kappa shape index (κ1) is 33.7. The van der Waals surface area contributed by atoms with Crippen LogP contribution in [0.4, 0.5) is 0 Å². The Balaban J connectivity index is 1.81. The third-order valence-electron chi connectivity index (χ3n) is 8.60. The monoisotopic (exact) mass is 653 g/mol. The molecule has 3 N–H and O–H groups in total. The summed E-state index contributed by atoms with van der Waals surface area (Å²) in [5.41, 5.74) is 0.568. The highest BCUT2D eigenvalue weighted by Crippen LogP contribution is 2.52. The molecular formula is C31H41Cl2N3O6S. The summed E-state index contributed by atoms with van der Waals surface area (Å²) >= 11 is 12.7. The van der Waals surface area contributed by atoms with Crippen LogP contribution >= 0.6 is 23.2 Å². The molecular weight excluding hydrogens is 613 g/mol. The zero-order valence-corrected chi connectivity index (χ0v) is 27.1. The van der Waals surface area contributed by atoms with Crippen molar-refractivity contribution in [1.82, 2.24) is 14.5 Å². The van der Waals surface area contributed by atoms with Gasteiger partial charge in [0.15, 0.2) is 0 Å². The predicted octanol–water partition coefficient (Wildman–Crippen LogP) is 4.12. The normalized spacial score (nSPS) is 24.2. The zero-order chi connectivity index (χ0) is 31.5. The molecule has 2 amide bonds. The van der Waals surface area contributed by atoms with Gasteiger partial charge in [0.25, 0.3) is 0 Å². The molecule has 2 aromatic rings. The number of piperidine rings is 1. The number of hydrogen-bond donors (Lipinski definition) is 3. The Morgan fingerprint density at radius 2 is 1.81 bits per heavy atom. The Labute approximate surface area is 264 Å². The van der Waals surface area contributed by atoms with E-state index in [1.807, 2.05) is 37.3 Å². The van der Waals surface area contributed by atoms with Gasteiger partial charge in [-0.1, -0.05) is 61.3 Å². The third-order valence-corrected chi connectivity index (χ3v) is 11.4. The van der Waals surface area contributed by atoms with Crippen molar-refractivity contribution in [3.05, 3.63) is 69.7 Å². The first-order valence-corrected chi connectivity index (χ1v) is 16.9. The smallest absolute Gasteiger partial charge is 0.229 e. The molecule has 1 saturated carbocycles. The number of halogens is 2. The summed E-state index contributed by atoms with van der Waals surface area (Å²) in [6.07, 6.45) is 0.796. The second-order valence-electron chi connectivity index (χ2n) is 12.0. The minimum Gasteiger partial charge on any atom is -0.394 e. The number of aliphatic hydroxyl groups is 2. The molecule has 2 fully saturated rings. The minimum absolute atomic E-state index is 0.110. The number of rotatable bonds is 13. The van der Waals surface area contributed by atoms with Gasteiger partial charge in [0.2, 0.25) is 21.8 Å². The minimum atomic E-state index is -3.50. The largest absolute Gasteiger partial charge is 0.394 e. The highest BCUT2D eigenvalue weighted by atomic mass is 35.5. The van der Waals surface area contributed by atoms with Crippen LogP contribution in [0.25, 0.3) is 0 Å². The van der Waals surface area contributed by atoms with Crippen LogP contribution < -0.4 is 5.32 Å². The maximum Gasteiger partial charge on any atom is 0.229 e. The second kappa shape index (κ2) is 13.8. The summed E-state index contributed by atoms with van der Waals surface area (Å²) in [5.74, 6) is -0.981. The van der Waals surface area contributed by atoms with Gasteiger partial charge >= 0.3 is 0 Å². The van der Waals surface area contributed by atoms with Gasteiger partial charge in [0, 0.05) is 48.6 Å². The Morgan fingerprint density at radius 1 is 1.14 bits per heavy atom. The lowest BCUT2D eigenvalue weighted by Gasteiger charge is -2.52. The Kier molecular flexibility index (Phi) is 10.8. The van der Waals surface area contributed by atoms with E-state index in [0.717, 1.165) is 11.1 Å². The fourth-order valence-electron chi connectivity index (χ4n) is 6.10. The Bertz CT molecular complexity index is 1400. The molecule has 2 unspecified atom stereocenters. The van der Waals surface area contributed by atoms with Gasteiger partial charge in [0.1, 0.15) is 0 Å². The molecule has 1 heterocycles. The van der Waals surface area contributed by atoms with Crippen LogP contribution in [0.3, 0.4) is 0 Å². The number of nitrogens with zero attached hydrogens (tertiary/aromatic N) is 2. The molecule has 236 valence electrons. The van der Waals surface area contributed by atoms with E-state index in [9.17, 15) is 23.1 Å². The molecule has 1 aliphatic heterocycles. The van der Waals surface area contributed by atoms with E-state index < -0.39 is 46.1 Å². The average Bonchev–Trinajstić information content (AvgIpc) is 3.83. The summed E-state index contributed by atoms with van der Waals surface area (Å²) in [5, 5.41) is 22.2. The number of hydrogen-bond acceptors (Lipinski definition) is 6. The SMILES string of the molecule is CCC(CN(C)S(=O)(=O)C1CC1)N1C(=O)[C@@](C)(CC(=O)NCC(O)CO)C[C@H](c2cccc(Cl)c2)[C@H]1c1ccc(Cl)cc1. The molecule has 0 spiro atoms. The summed E-state index contributed by atoms with van der Waals surface area (Å²) in [7, 11) is -1.93. The number of aliphatic hydroxyl groups excluding tert-OH is 2. The molecule has 9 nitrogen and oxygen atoms in total. The third kappa shape index (κ3) is 7.72.